The summed E-state index contributed by atoms with van der Waals surface area (Å²) >= 11 is 1.31. The van der Waals surface area contributed by atoms with E-state index in [9.17, 15) is 13.2 Å². The summed E-state index contributed by atoms with van der Waals surface area (Å²) in [5, 5.41) is 2.72. The Kier molecular flexibility index (Phi) is 5.02. The molecule has 0 radical (unpaired) electrons. The molecule has 1 atom stereocenters. The van der Waals surface area contributed by atoms with Crippen LogP contribution < -0.4 is 5.73 Å². The van der Waals surface area contributed by atoms with Crippen LogP contribution in [-0.2, 0) is 14.8 Å². The second kappa shape index (κ2) is 7.72. The van der Waals surface area contributed by atoms with Gasteiger partial charge in [-0.15, -0.1) is 11.3 Å². The fourth-order valence-electron chi connectivity index (χ4n) is 4.06. The molecule has 0 aliphatic carbocycles. The van der Waals surface area contributed by atoms with E-state index in [2.05, 4.69) is 0 Å². The molecule has 4 aromatic rings. The van der Waals surface area contributed by atoms with Gasteiger partial charge in [-0.25, -0.2) is 8.42 Å². The number of morpholine rings is 1. The molecule has 1 amide bonds. The van der Waals surface area contributed by atoms with Crippen molar-refractivity contribution in [3.63, 3.8) is 0 Å². The lowest BCUT2D eigenvalue weighted by Crippen LogP contribution is -2.42. The minimum absolute atomic E-state index is 0.121. The number of rotatable bonds is 4. The molecule has 31 heavy (non-hydrogen) atoms. The van der Waals surface area contributed by atoms with Crippen molar-refractivity contribution in [1.29, 1.82) is 0 Å². The maximum absolute atomic E-state index is 13.4. The molecule has 6 nitrogen and oxygen atoms in total. The largest absolute Gasteiger partial charge is 0.371 e. The van der Waals surface area contributed by atoms with Crippen molar-refractivity contribution in [2.24, 2.45) is 5.73 Å². The molecular weight excluding hydrogens is 432 g/mol. The SMILES string of the molecule is NC(=O)c1sc2ccccc2c1[C@@H]1CN(S(=O)(=O)c2ccc3ccccc3c2)CCO1. The Hall–Kier alpha value is -2.78. The summed E-state index contributed by atoms with van der Waals surface area (Å²) in [5.41, 5.74) is 6.31. The number of hydrogen-bond acceptors (Lipinski definition) is 5. The highest BCUT2D eigenvalue weighted by Gasteiger charge is 2.34. The second-order valence-electron chi connectivity index (χ2n) is 7.44. The first-order valence-corrected chi connectivity index (χ1v) is 12.1. The van der Waals surface area contributed by atoms with Crippen LogP contribution >= 0.6 is 11.3 Å². The quantitative estimate of drug-likeness (QED) is 0.508. The summed E-state index contributed by atoms with van der Waals surface area (Å²) in [7, 11) is -3.72. The first kappa shape index (κ1) is 20.1. The van der Waals surface area contributed by atoms with Crippen molar-refractivity contribution in [3.05, 3.63) is 77.2 Å². The van der Waals surface area contributed by atoms with E-state index in [4.69, 9.17) is 10.5 Å². The fraction of sp³-hybridized carbons (Fsp3) is 0.174. The fourth-order valence-corrected chi connectivity index (χ4v) is 6.63. The van der Waals surface area contributed by atoms with Crippen molar-refractivity contribution >= 4 is 48.1 Å². The predicted molar refractivity (Wildman–Crippen MR) is 122 cm³/mol. The molecular formula is C23H20N2O4S2. The topological polar surface area (TPSA) is 89.7 Å². The number of benzene rings is 3. The Morgan fingerprint density at radius 1 is 1.03 bits per heavy atom. The van der Waals surface area contributed by atoms with Crippen molar-refractivity contribution in [3.8, 4) is 0 Å². The number of thiophene rings is 1. The van der Waals surface area contributed by atoms with Crippen LogP contribution in [-0.4, -0.2) is 38.3 Å². The van der Waals surface area contributed by atoms with Gasteiger partial charge < -0.3 is 10.5 Å². The first-order chi connectivity index (χ1) is 14.9. The summed E-state index contributed by atoms with van der Waals surface area (Å²) in [5.74, 6) is -0.533. The van der Waals surface area contributed by atoms with E-state index in [1.807, 2.05) is 54.6 Å². The van der Waals surface area contributed by atoms with Gasteiger partial charge in [0.2, 0.25) is 10.0 Å². The van der Waals surface area contributed by atoms with Crippen LogP contribution in [0.5, 0.6) is 0 Å². The molecule has 1 fully saturated rings. The summed E-state index contributed by atoms with van der Waals surface area (Å²) in [6.07, 6.45) is -0.567. The Bertz CT molecular complexity index is 1410. The van der Waals surface area contributed by atoms with Gasteiger partial charge in [-0.05, 0) is 34.4 Å². The van der Waals surface area contributed by atoms with Crippen LogP contribution in [0.15, 0.2) is 71.6 Å². The van der Waals surface area contributed by atoms with Crippen LogP contribution in [0, 0.1) is 0 Å². The highest BCUT2D eigenvalue weighted by atomic mass is 32.2. The molecule has 0 unspecified atom stereocenters. The van der Waals surface area contributed by atoms with Crippen LogP contribution in [0.4, 0.5) is 0 Å². The molecule has 0 spiro atoms. The van der Waals surface area contributed by atoms with Crippen LogP contribution in [0.25, 0.3) is 20.9 Å². The van der Waals surface area contributed by atoms with Crippen molar-refractivity contribution < 1.29 is 17.9 Å². The van der Waals surface area contributed by atoms with Gasteiger partial charge >= 0.3 is 0 Å². The highest BCUT2D eigenvalue weighted by Crippen LogP contribution is 2.38. The van der Waals surface area contributed by atoms with Crippen molar-refractivity contribution in [2.45, 2.75) is 11.0 Å². The number of sulfonamides is 1. The van der Waals surface area contributed by atoms with Crippen LogP contribution in [0.3, 0.4) is 0 Å². The number of nitrogens with two attached hydrogens (primary N) is 1. The molecule has 0 bridgehead atoms. The Labute approximate surface area is 183 Å². The lowest BCUT2D eigenvalue weighted by molar-refractivity contribution is -0.00188. The van der Waals surface area contributed by atoms with E-state index in [-0.39, 0.29) is 24.6 Å². The van der Waals surface area contributed by atoms with E-state index < -0.39 is 22.0 Å². The number of primary amides is 1. The molecule has 8 heteroatoms. The summed E-state index contributed by atoms with van der Waals surface area (Å²) in [6, 6.07) is 20.4. The third-order valence-corrected chi connectivity index (χ3v) is 8.63. The van der Waals surface area contributed by atoms with Crippen molar-refractivity contribution in [2.75, 3.05) is 19.7 Å². The maximum atomic E-state index is 13.4. The minimum atomic E-state index is -3.72. The number of nitrogens with zero attached hydrogens (tertiary/aromatic N) is 1. The van der Waals surface area contributed by atoms with E-state index in [0.29, 0.717) is 10.4 Å². The molecule has 2 N–H and O–H groups in total. The zero-order chi connectivity index (χ0) is 21.6. The summed E-state index contributed by atoms with van der Waals surface area (Å²) < 4.78 is 35.1. The van der Waals surface area contributed by atoms with Gasteiger partial charge in [-0.2, -0.15) is 4.31 Å². The number of hydrogen-bond donors (Lipinski definition) is 1. The zero-order valence-corrected chi connectivity index (χ0v) is 18.2. The molecule has 3 aromatic carbocycles. The standard InChI is InChI=1S/C23H20N2O4S2/c24-23(26)22-21(18-7-3-4-8-20(18)30-22)19-14-25(11-12-29-19)31(27,28)17-10-9-15-5-1-2-6-16(15)13-17/h1-10,13,19H,11-12,14H2,(H2,24,26)/t19-/m0/s1. The normalized spacial score (nSPS) is 17.9. The Balaban J connectivity index is 1.52. The minimum Gasteiger partial charge on any atom is -0.371 e. The molecule has 1 aliphatic rings. The summed E-state index contributed by atoms with van der Waals surface area (Å²) in [4.78, 5) is 12.8. The predicted octanol–water partition coefficient (Wildman–Crippen LogP) is 3.92. The molecule has 0 saturated carbocycles. The molecule has 1 aromatic heterocycles. The molecule has 158 valence electrons. The van der Waals surface area contributed by atoms with E-state index in [1.54, 1.807) is 12.1 Å². The Morgan fingerprint density at radius 3 is 2.58 bits per heavy atom. The Morgan fingerprint density at radius 2 is 1.77 bits per heavy atom. The van der Waals surface area contributed by atoms with Gasteiger partial charge in [-0.3, -0.25) is 4.79 Å². The molecule has 1 saturated heterocycles. The van der Waals surface area contributed by atoms with Gasteiger partial charge in [0.1, 0.15) is 0 Å². The van der Waals surface area contributed by atoms with Gasteiger partial charge in [0.05, 0.1) is 22.5 Å². The van der Waals surface area contributed by atoms with Gasteiger partial charge in [0.25, 0.3) is 5.91 Å². The number of fused-ring (bicyclic) bond motifs is 2. The van der Waals surface area contributed by atoms with Gasteiger partial charge in [-0.1, -0.05) is 48.5 Å². The lowest BCUT2D eigenvalue weighted by atomic mass is 10.0. The molecule has 5 rings (SSSR count). The summed E-state index contributed by atoms with van der Waals surface area (Å²) in [6.45, 7) is 0.607. The number of carbonyl (C=O) groups is 1. The van der Waals surface area contributed by atoms with E-state index in [1.165, 1.54) is 15.6 Å². The third kappa shape index (κ3) is 3.51. The number of ether oxygens (including phenoxy) is 1. The monoisotopic (exact) mass is 452 g/mol. The van der Waals surface area contributed by atoms with Crippen LogP contribution in [0.1, 0.15) is 21.3 Å². The molecule has 2 heterocycles. The average molecular weight is 453 g/mol. The zero-order valence-electron chi connectivity index (χ0n) is 16.5. The number of carbonyl (C=O) groups excluding carboxylic acids is 1. The first-order valence-electron chi connectivity index (χ1n) is 9.87. The average Bonchev–Trinajstić information content (AvgIpc) is 3.19. The van der Waals surface area contributed by atoms with Gasteiger partial charge in [0, 0.05) is 23.4 Å². The van der Waals surface area contributed by atoms with E-state index >= 15 is 0 Å². The third-order valence-electron chi connectivity index (χ3n) is 5.57. The van der Waals surface area contributed by atoms with Gasteiger partial charge in [0.15, 0.2) is 0 Å². The second-order valence-corrected chi connectivity index (χ2v) is 10.4. The van der Waals surface area contributed by atoms with Crippen molar-refractivity contribution in [1.82, 2.24) is 4.31 Å². The maximum Gasteiger partial charge on any atom is 0.259 e. The van der Waals surface area contributed by atoms with E-state index in [0.717, 1.165) is 20.9 Å². The smallest absolute Gasteiger partial charge is 0.259 e. The lowest BCUT2D eigenvalue weighted by Gasteiger charge is -2.32. The number of amides is 1. The van der Waals surface area contributed by atoms with Crippen LogP contribution in [0.2, 0.25) is 0 Å². The molecule has 1 aliphatic heterocycles. The highest BCUT2D eigenvalue weighted by molar-refractivity contribution is 7.89.